The first-order chi connectivity index (χ1) is 19.6. The Morgan fingerprint density at radius 2 is 1.60 bits per heavy atom. The maximum absolute atomic E-state index is 14.5. The van der Waals surface area contributed by atoms with Gasteiger partial charge in [-0.1, -0.05) is 64.7 Å². The van der Waals surface area contributed by atoms with Crippen LogP contribution < -0.4 is 0 Å². The number of carbonyl (C=O) groups excluding carboxylic acids is 3. The first-order valence-corrected chi connectivity index (χ1v) is 13.9. The fraction of sp³-hybridized carbons (Fsp3) is 0.382. The standard InChI is InChI=1S/C34H34O8/c1-16(2)25-27(37)23(18(4)35)29(39)34(42)30(40)26-28(38)24-21(36)15-14-20(13-12-19-10-8-7-9-11-19)22(24)17(3)32(26,5)31(41)33(25,34)6/h7-11,14-17,25,31,36,38-39,41-42H,1-6H3/t17-,25?,31-,32+,33+,34+/m1/s1. The van der Waals surface area contributed by atoms with Crippen LogP contribution in [0.25, 0.3) is 5.76 Å². The van der Waals surface area contributed by atoms with Gasteiger partial charge >= 0.3 is 0 Å². The van der Waals surface area contributed by atoms with Crippen LogP contribution in [0, 0.1) is 34.5 Å². The van der Waals surface area contributed by atoms with Crippen LogP contribution in [0.1, 0.15) is 69.7 Å². The molecule has 1 fully saturated rings. The van der Waals surface area contributed by atoms with Crippen molar-refractivity contribution in [3.63, 3.8) is 0 Å². The molecule has 3 aliphatic rings. The minimum atomic E-state index is -2.92. The summed E-state index contributed by atoms with van der Waals surface area (Å²) in [5.74, 6) is -1.37. The number of aromatic hydroxyl groups is 1. The minimum Gasteiger partial charge on any atom is -0.508 e. The summed E-state index contributed by atoms with van der Waals surface area (Å²) in [7, 11) is 0. The van der Waals surface area contributed by atoms with E-state index < -0.39 is 80.3 Å². The van der Waals surface area contributed by atoms with Crippen LogP contribution in [-0.2, 0) is 14.4 Å². The van der Waals surface area contributed by atoms with Gasteiger partial charge in [-0.05, 0) is 48.6 Å². The van der Waals surface area contributed by atoms with E-state index in [-0.39, 0.29) is 11.3 Å². The molecule has 0 aromatic heterocycles. The van der Waals surface area contributed by atoms with Crippen LogP contribution >= 0.6 is 0 Å². The van der Waals surface area contributed by atoms with Crippen molar-refractivity contribution in [2.45, 2.75) is 59.2 Å². The van der Waals surface area contributed by atoms with Gasteiger partial charge in [0, 0.05) is 27.9 Å². The van der Waals surface area contributed by atoms with Crippen LogP contribution in [0.5, 0.6) is 5.75 Å². The first kappa shape index (κ1) is 29.3. The highest BCUT2D eigenvalue weighted by atomic mass is 16.4. The monoisotopic (exact) mass is 570 g/mol. The molecule has 8 nitrogen and oxygen atoms in total. The SMILES string of the molecule is CC(=O)C1=C(O)[C@]2(O)C(=O)C3=C(O)c4c(O)ccc(C#Cc5ccccc5)c4[C@@H](C)[C@]3(C)[C@@H](O)[C@]2(C)C(C(C)C)C1=O. The zero-order chi connectivity index (χ0) is 31.1. The van der Waals surface area contributed by atoms with E-state index in [4.69, 9.17) is 0 Å². The third-order valence-electron chi connectivity index (χ3n) is 9.93. The Morgan fingerprint density at radius 3 is 2.17 bits per heavy atom. The molecule has 1 unspecified atom stereocenters. The predicted molar refractivity (Wildman–Crippen MR) is 154 cm³/mol. The molecule has 1 saturated carbocycles. The largest absolute Gasteiger partial charge is 0.508 e. The third kappa shape index (κ3) is 3.41. The van der Waals surface area contributed by atoms with Crippen molar-refractivity contribution in [3.05, 3.63) is 81.6 Å². The van der Waals surface area contributed by atoms with E-state index in [1.165, 1.54) is 13.0 Å². The number of allylic oxidation sites excluding steroid dienone is 1. The van der Waals surface area contributed by atoms with Gasteiger partial charge < -0.3 is 25.5 Å². The molecule has 5 N–H and O–H groups in total. The van der Waals surface area contributed by atoms with Crippen molar-refractivity contribution in [1.29, 1.82) is 0 Å². The smallest absolute Gasteiger partial charge is 0.203 e. The first-order valence-electron chi connectivity index (χ1n) is 13.9. The molecule has 0 spiro atoms. The zero-order valence-corrected chi connectivity index (χ0v) is 24.3. The molecule has 42 heavy (non-hydrogen) atoms. The summed E-state index contributed by atoms with van der Waals surface area (Å²) in [5.41, 5.74) is -6.18. The van der Waals surface area contributed by atoms with Crippen molar-refractivity contribution >= 4 is 23.1 Å². The van der Waals surface area contributed by atoms with Crippen molar-refractivity contribution in [3.8, 4) is 17.6 Å². The lowest BCUT2D eigenvalue weighted by Crippen LogP contribution is -2.75. The lowest BCUT2D eigenvalue weighted by molar-refractivity contribution is -0.215. The van der Waals surface area contributed by atoms with Crippen molar-refractivity contribution in [1.82, 2.24) is 0 Å². The van der Waals surface area contributed by atoms with E-state index in [0.717, 1.165) is 12.5 Å². The summed E-state index contributed by atoms with van der Waals surface area (Å²) in [6.07, 6.45) is -1.70. The number of rotatable bonds is 2. The molecule has 0 saturated heterocycles. The fourth-order valence-corrected chi connectivity index (χ4v) is 7.76. The Hall–Kier alpha value is -4.19. The zero-order valence-electron chi connectivity index (χ0n) is 24.3. The minimum absolute atomic E-state index is 0.0786. The van der Waals surface area contributed by atoms with Crippen LogP contribution in [-0.4, -0.2) is 54.6 Å². The lowest BCUT2D eigenvalue weighted by Gasteiger charge is -2.63. The molecule has 2 aromatic carbocycles. The molecule has 6 atom stereocenters. The summed E-state index contributed by atoms with van der Waals surface area (Å²) < 4.78 is 0. The van der Waals surface area contributed by atoms with Crippen molar-refractivity contribution in [2.75, 3.05) is 0 Å². The molecule has 8 heteroatoms. The fourth-order valence-electron chi connectivity index (χ4n) is 7.76. The highest BCUT2D eigenvalue weighted by molar-refractivity contribution is 6.24. The third-order valence-corrected chi connectivity index (χ3v) is 9.93. The highest BCUT2D eigenvalue weighted by Crippen LogP contribution is 2.67. The average Bonchev–Trinajstić information content (AvgIpc) is 2.93. The summed E-state index contributed by atoms with van der Waals surface area (Å²) in [4.78, 5) is 40.7. The van der Waals surface area contributed by atoms with Crippen LogP contribution in [0.15, 0.2) is 59.4 Å². The van der Waals surface area contributed by atoms with Crippen LogP contribution in [0.3, 0.4) is 0 Å². The molecular formula is C34H34O8. The number of ketones is 3. The summed E-state index contributed by atoms with van der Waals surface area (Å²) in [5, 5.41) is 58.4. The van der Waals surface area contributed by atoms with Gasteiger partial charge in [-0.15, -0.1) is 0 Å². The molecule has 0 heterocycles. The number of Topliss-reactive ketones (excluding diaryl/α,β-unsaturated/α-hetero) is 3. The van der Waals surface area contributed by atoms with Crippen LogP contribution in [0.2, 0.25) is 0 Å². The van der Waals surface area contributed by atoms with E-state index >= 15 is 0 Å². The van der Waals surface area contributed by atoms with Crippen molar-refractivity contribution < 1.29 is 39.9 Å². The van der Waals surface area contributed by atoms with Crippen molar-refractivity contribution in [2.24, 2.45) is 22.7 Å². The van der Waals surface area contributed by atoms with Gasteiger partial charge in [0.15, 0.2) is 17.2 Å². The number of phenols is 1. The Labute approximate surface area is 244 Å². The van der Waals surface area contributed by atoms with E-state index in [1.54, 1.807) is 33.8 Å². The second-order valence-electron chi connectivity index (χ2n) is 12.4. The second-order valence-corrected chi connectivity index (χ2v) is 12.4. The molecule has 0 radical (unpaired) electrons. The number of fused-ring (bicyclic) bond motifs is 3. The lowest BCUT2D eigenvalue weighted by atomic mass is 9.40. The van der Waals surface area contributed by atoms with E-state index in [9.17, 15) is 39.9 Å². The van der Waals surface area contributed by atoms with Gasteiger partial charge in [0.1, 0.15) is 22.8 Å². The van der Waals surface area contributed by atoms with Gasteiger partial charge in [0.2, 0.25) is 5.78 Å². The topological polar surface area (TPSA) is 152 Å². The number of carbonyl (C=O) groups is 3. The Morgan fingerprint density at radius 1 is 0.976 bits per heavy atom. The van der Waals surface area contributed by atoms with E-state index in [1.807, 2.05) is 30.3 Å². The molecule has 218 valence electrons. The maximum atomic E-state index is 14.5. The number of aliphatic hydroxyl groups is 4. The van der Waals surface area contributed by atoms with Gasteiger partial charge in [-0.25, -0.2) is 0 Å². The second kappa shape index (κ2) is 9.41. The number of phenolic OH excluding ortho intramolecular Hbond substituents is 1. The maximum Gasteiger partial charge on any atom is 0.203 e. The summed E-state index contributed by atoms with van der Waals surface area (Å²) >= 11 is 0. The summed E-state index contributed by atoms with van der Waals surface area (Å²) in [6.45, 7) is 9.03. The van der Waals surface area contributed by atoms with Gasteiger partial charge in [-0.2, -0.15) is 0 Å². The molecule has 0 bridgehead atoms. The Bertz CT molecular complexity index is 1690. The number of hydrogen-bond acceptors (Lipinski definition) is 8. The molecule has 0 aliphatic heterocycles. The Balaban J connectivity index is 1.86. The number of aliphatic hydroxyl groups excluding tert-OH is 3. The highest BCUT2D eigenvalue weighted by Gasteiger charge is 2.77. The normalized spacial score (nSPS) is 32.2. The molecule has 5 rings (SSSR count). The summed E-state index contributed by atoms with van der Waals surface area (Å²) in [6, 6.07) is 12.1. The Kier molecular flexibility index (Phi) is 6.57. The predicted octanol–water partition coefficient (Wildman–Crippen LogP) is 4.12. The van der Waals surface area contributed by atoms with E-state index in [0.29, 0.717) is 11.1 Å². The number of hydrogen-bond donors (Lipinski definition) is 5. The molecule has 2 aromatic rings. The average molecular weight is 571 g/mol. The van der Waals surface area contributed by atoms with E-state index in [2.05, 4.69) is 11.8 Å². The van der Waals surface area contributed by atoms with Gasteiger partial charge in [0.25, 0.3) is 0 Å². The molecular weight excluding hydrogens is 536 g/mol. The number of benzene rings is 2. The van der Waals surface area contributed by atoms with Crippen LogP contribution in [0.4, 0.5) is 0 Å². The van der Waals surface area contributed by atoms with Gasteiger partial charge in [0.05, 0.1) is 17.2 Å². The van der Waals surface area contributed by atoms with Gasteiger partial charge in [-0.3, -0.25) is 14.4 Å². The molecule has 0 amide bonds. The molecule has 3 aliphatic carbocycles. The quantitative estimate of drug-likeness (QED) is 0.267.